The predicted octanol–water partition coefficient (Wildman–Crippen LogP) is 4.97. The maximum Gasteiger partial charge on any atom is 0.279 e. The Labute approximate surface area is 174 Å². The van der Waals surface area contributed by atoms with E-state index in [0.29, 0.717) is 10.4 Å². The molecule has 3 rings (SSSR count). The van der Waals surface area contributed by atoms with Gasteiger partial charge in [-0.1, -0.05) is 29.6 Å². The van der Waals surface area contributed by atoms with Crippen molar-refractivity contribution in [3.63, 3.8) is 0 Å². The minimum Gasteiger partial charge on any atom is -0.497 e. The highest BCUT2D eigenvalue weighted by Crippen LogP contribution is 2.29. The largest absolute Gasteiger partial charge is 0.497 e. The summed E-state index contributed by atoms with van der Waals surface area (Å²) in [5, 5.41) is 0. The van der Waals surface area contributed by atoms with Crippen molar-refractivity contribution in [1.82, 2.24) is 4.57 Å². The lowest BCUT2D eigenvalue weighted by atomic mass is 10.2. The predicted molar refractivity (Wildman–Crippen MR) is 118 cm³/mol. The van der Waals surface area contributed by atoms with Gasteiger partial charge in [-0.3, -0.25) is 9.36 Å². The second-order valence-corrected chi connectivity index (χ2v) is 7.38. The maximum atomic E-state index is 12.7. The molecule has 0 saturated carbocycles. The van der Waals surface area contributed by atoms with Gasteiger partial charge in [0.05, 0.1) is 24.4 Å². The number of ether oxygens (including phenoxy) is 2. The van der Waals surface area contributed by atoms with Gasteiger partial charge in [-0.05, 0) is 62.7 Å². The van der Waals surface area contributed by atoms with Crippen LogP contribution in [0.3, 0.4) is 0 Å². The second kappa shape index (κ2) is 8.92. The molecule has 150 valence electrons. The highest BCUT2D eigenvalue weighted by molar-refractivity contribution is 7.16. The fourth-order valence-corrected chi connectivity index (χ4v) is 4.09. The molecule has 1 heterocycles. The SMILES string of the molecule is C/C=C\C(=C/C)C(=O)/N=c1\sc2cc(OC)c(C)cc2n1-c1ccc(OC)cc1. The number of rotatable bonds is 5. The van der Waals surface area contributed by atoms with E-state index in [2.05, 4.69) is 11.1 Å². The lowest BCUT2D eigenvalue weighted by molar-refractivity contribution is -0.114. The van der Waals surface area contributed by atoms with Crippen LogP contribution in [0.5, 0.6) is 11.5 Å². The van der Waals surface area contributed by atoms with Crippen LogP contribution in [-0.4, -0.2) is 24.7 Å². The molecule has 0 aliphatic carbocycles. The summed E-state index contributed by atoms with van der Waals surface area (Å²) in [4.78, 5) is 17.8. The van der Waals surface area contributed by atoms with E-state index in [1.54, 1.807) is 26.4 Å². The number of carbonyl (C=O) groups is 1. The van der Waals surface area contributed by atoms with Crippen LogP contribution >= 0.6 is 11.3 Å². The van der Waals surface area contributed by atoms with E-state index in [0.717, 1.165) is 33.0 Å². The van der Waals surface area contributed by atoms with Gasteiger partial charge in [-0.25, -0.2) is 0 Å². The van der Waals surface area contributed by atoms with Gasteiger partial charge < -0.3 is 9.47 Å². The first-order valence-corrected chi connectivity index (χ1v) is 10.1. The number of hydrogen-bond acceptors (Lipinski definition) is 4. The number of nitrogens with zero attached hydrogens (tertiary/aromatic N) is 2. The van der Waals surface area contributed by atoms with Gasteiger partial charge in [0, 0.05) is 11.3 Å². The van der Waals surface area contributed by atoms with Gasteiger partial charge in [-0.15, -0.1) is 0 Å². The van der Waals surface area contributed by atoms with Gasteiger partial charge in [-0.2, -0.15) is 4.99 Å². The molecule has 6 heteroatoms. The Morgan fingerprint density at radius 2 is 1.83 bits per heavy atom. The number of aromatic nitrogens is 1. The van der Waals surface area contributed by atoms with Crippen LogP contribution in [0.4, 0.5) is 0 Å². The number of hydrogen-bond donors (Lipinski definition) is 0. The highest BCUT2D eigenvalue weighted by Gasteiger charge is 2.13. The molecule has 5 nitrogen and oxygen atoms in total. The first-order valence-electron chi connectivity index (χ1n) is 9.25. The zero-order valence-corrected chi connectivity index (χ0v) is 18.0. The number of amides is 1. The van der Waals surface area contributed by atoms with Crippen molar-refractivity contribution >= 4 is 27.5 Å². The Morgan fingerprint density at radius 3 is 2.41 bits per heavy atom. The van der Waals surface area contributed by atoms with Crippen molar-refractivity contribution in [1.29, 1.82) is 0 Å². The van der Waals surface area contributed by atoms with Crippen LogP contribution in [0.1, 0.15) is 19.4 Å². The standard InChI is InChI=1S/C23H24N2O3S/c1-6-8-16(7-2)22(26)24-23-25(17-9-11-18(27-4)12-10-17)19-13-15(3)20(28-5)14-21(19)29-23/h6-14H,1-5H3/b8-6-,16-7+,24-23-. The second-order valence-electron chi connectivity index (χ2n) is 6.37. The summed E-state index contributed by atoms with van der Waals surface area (Å²) in [6.45, 7) is 5.71. The normalized spacial score (nSPS) is 12.7. The van der Waals surface area contributed by atoms with Crippen LogP contribution in [-0.2, 0) is 4.79 Å². The Kier molecular flexibility index (Phi) is 6.34. The van der Waals surface area contributed by atoms with E-state index < -0.39 is 0 Å². The number of benzene rings is 2. The molecule has 0 atom stereocenters. The van der Waals surface area contributed by atoms with Crippen LogP contribution in [0, 0.1) is 6.92 Å². The van der Waals surface area contributed by atoms with Crippen LogP contribution in [0.2, 0.25) is 0 Å². The van der Waals surface area contributed by atoms with Gasteiger partial charge in [0.2, 0.25) is 0 Å². The Balaban J connectivity index is 2.30. The number of methoxy groups -OCH3 is 2. The Morgan fingerprint density at radius 1 is 1.10 bits per heavy atom. The quantitative estimate of drug-likeness (QED) is 0.443. The number of carbonyl (C=O) groups excluding carboxylic acids is 1. The van der Waals surface area contributed by atoms with Gasteiger partial charge in [0.15, 0.2) is 4.80 Å². The molecule has 0 unspecified atom stereocenters. The van der Waals surface area contributed by atoms with E-state index in [9.17, 15) is 4.79 Å². The molecule has 29 heavy (non-hydrogen) atoms. The zero-order chi connectivity index (χ0) is 21.0. The summed E-state index contributed by atoms with van der Waals surface area (Å²) in [5.74, 6) is 1.30. The van der Waals surface area contributed by atoms with E-state index in [4.69, 9.17) is 9.47 Å². The van der Waals surface area contributed by atoms with E-state index in [1.807, 2.05) is 61.7 Å². The maximum absolute atomic E-state index is 12.7. The zero-order valence-electron chi connectivity index (χ0n) is 17.2. The van der Waals surface area contributed by atoms with Crippen molar-refractivity contribution in [2.45, 2.75) is 20.8 Å². The summed E-state index contributed by atoms with van der Waals surface area (Å²) in [6, 6.07) is 11.7. The van der Waals surface area contributed by atoms with Gasteiger partial charge in [0.25, 0.3) is 5.91 Å². The molecular formula is C23H24N2O3S. The van der Waals surface area contributed by atoms with E-state index >= 15 is 0 Å². The average Bonchev–Trinajstić information content (AvgIpc) is 3.07. The summed E-state index contributed by atoms with van der Waals surface area (Å²) in [7, 11) is 3.29. The highest BCUT2D eigenvalue weighted by atomic mass is 32.1. The van der Waals surface area contributed by atoms with Crippen LogP contribution in [0.15, 0.2) is 65.2 Å². The lowest BCUT2D eigenvalue weighted by Crippen LogP contribution is -2.15. The molecule has 0 spiro atoms. The summed E-state index contributed by atoms with van der Waals surface area (Å²) in [6.07, 6.45) is 5.37. The van der Waals surface area contributed by atoms with Crippen LogP contribution < -0.4 is 14.3 Å². The third-order valence-electron chi connectivity index (χ3n) is 4.54. The molecule has 2 aromatic carbocycles. The van der Waals surface area contributed by atoms with Crippen molar-refractivity contribution in [3.8, 4) is 17.2 Å². The molecule has 1 amide bonds. The van der Waals surface area contributed by atoms with Crippen molar-refractivity contribution in [2.75, 3.05) is 14.2 Å². The molecule has 0 fully saturated rings. The Hall–Kier alpha value is -3.12. The Bertz CT molecular complexity index is 1170. The molecule has 1 aromatic heterocycles. The first kappa shape index (κ1) is 20.6. The summed E-state index contributed by atoms with van der Waals surface area (Å²) >= 11 is 1.45. The number of allylic oxidation sites excluding steroid dienone is 2. The van der Waals surface area contributed by atoms with E-state index in [-0.39, 0.29) is 5.91 Å². The number of aryl methyl sites for hydroxylation is 1. The molecule has 0 bridgehead atoms. The third-order valence-corrected chi connectivity index (χ3v) is 5.55. The number of fused-ring (bicyclic) bond motifs is 1. The molecule has 0 aliphatic heterocycles. The molecule has 0 saturated heterocycles. The lowest BCUT2D eigenvalue weighted by Gasteiger charge is -2.09. The minimum atomic E-state index is -0.275. The molecule has 3 aromatic rings. The van der Waals surface area contributed by atoms with Crippen molar-refractivity contribution < 1.29 is 14.3 Å². The van der Waals surface area contributed by atoms with Gasteiger partial charge in [0.1, 0.15) is 11.5 Å². The van der Waals surface area contributed by atoms with Crippen LogP contribution in [0.25, 0.3) is 15.9 Å². The smallest absolute Gasteiger partial charge is 0.279 e. The summed E-state index contributed by atoms with van der Waals surface area (Å²) in [5.41, 5.74) is 3.44. The third kappa shape index (κ3) is 4.17. The fraction of sp³-hybridized carbons (Fsp3) is 0.217. The monoisotopic (exact) mass is 408 g/mol. The molecule has 0 aliphatic rings. The molecule has 0 N–H and O–H groups in total. The fourth-order valence-electron chi connectivity index (χ4n) is 3.05. The van der Waals surface area contributed by atoms with Crippen molar-refractivity contribution in [2.24, 2.45) is 4.99 Å². The topological polar surface area (TPSA) is 52.8 Å². The first-order chi connectivity index (χ1) is 14.0. The number of thiazole rings is 1. The van der Waals surface area contributed by atoms with Gasteiger partial charge >= 0.3 is 0 Å². The molecule has 0 radical (unpaired) electrons. The molecular weight excluding hydrogens is 384 g/mol. The average molecular weight is 409 g/mol. The minimum absolute atomic E-state index is 0.275. The summed E-state index contributed by atoms with van der Waals surface area (Å²) < 4.78 is 13.7. The van der Waals surface area contributed by atoms with Crippen molar-refractivity contribution in [3.05, 3.63) is 70.6 Å². The van der Waals surface area contributed by atoms with E-state index in [1.165, 1.54) is 11.3 Å².